The summed E-state index contributed by atoms with van der Waals surface area (Å²) in [6, 6.07) is 6.14. The Labute approximate surface area is 164 Å². The number of amides is 2. The molecular formula is C19H25N3O5S. The number of sulfonamides is 1. The molecule has 2 aliphatic rings. The van der Waals surface area contributed by atoms with Crippen LogP contribution in [-0.2, 0) is 19.6 Å². The number of hydrogen-bond acceptors (Lipinski definition) is 6. The smallest absolute Gasteiger partial charge is 0.277 e. The molecule has 8 nitrogen and oxygen atoms in total. The average molecular weight is 407 g/mol. The summed E-state index contributed by atoms with van der Waals surface area (Å²) in [5, 5.41) is 11.8. The molecule has 2 N–H and O–H groups in total. The van der Waals surface area contributed by atoms with E-state index in [1.807, 2.05) is 0 Å². The quantitative estimate of drug-likeness (QED) is 0.660. The average Bonchev–Trinajstić information content (AvgIpc) is 2.96. The van der Waals surface area contributed by atoms with Gasteiger partial charge >= 0.3 is 0 Å². The lowest BCUT2D eigenvalue weighted by atomic mass is 9.96. The summed E-state index contributed by atoms with van der Waals surface area (Å²) in [7, 11) is -1.96. The van der Waals surface area contributed by atoms with Gasteiger partial charge in [-0.25, -0.2) is 8.42 Å². The number of carbonyl (C=O) groups excluding carboxylic acids is 2. The van der Waals surface area contributed by atoms with Crippen molar-refractivity contribution in [2.45, 2.75) is 43.0 Å². The first kappa shape index (κ1) is 20.5. The maximum Gasteiger partial charge on any atom is 0.277 e. The molecule has 0 bridgehead atoms. The number of hydrogen-bond donors (Lipinski definition) is 2. The Morgan fingerprint density at radius 3 is 2.39 bits per heavy atom. The number of anilines is 1. The standard InChI is InChI=1S/C19H25N3O5S/c1-21(15-5-3-2-4-6-15)28(26,27)16-9-7-14(8-10-16)20-17-13-18(24)22(11-12-23)19(17)25/h7-10,13,15,20,23H,2-6,11-12H2,1H3. The third-order valence-corrected chi connectivity index (χ3v) is 7.16. The maximum atomic E-state index is 12.9. The highest BCUT2D eigenvalue weighted by Gasteiger charge is 2.31. The van der Waals surface area contributed by atoms with Crippen molar-refractivity contribution >= 4 is 27.5 Å². The van der Waals surface area contributed by atoms with Crippen molar-refractivity contribution in [2.24, 2.45) is 0 Å². The summed E-state index contributed by atoms with van der Waals surface area (Å²) >= 11 is 0. The van der Waals surface area contributed by atoms with E-state index in [1.165, 1.54) is 22.5 Å². The molecule has 28 heavy (non-hydrogen) atoms. The van der Waals surface area contributed by atoms with Gasteiger partial charge in [-0.05, 0) is 37.1 Å². The Bertz CT molecular complexity index is 873. The van der Waals surface area contributed by atoms with Crippen molar-refractivity contribution in [3.8, 4) is 0 Å². The van der Waals surface area contributed by atoms with E-state index in [1.54, 1.807) is 19.2 Å². The minimum atomic E-state index is -3.58. The molecule has 0 unspecified atom stereocenters. The molecule has 1 aromatic rings. The lowest BCUT2D eigenvalue weighted by Crippen LogP contribution is -2.38. The largest absolute Gasteiger partial charge is 0.395 e. The summed E-state index contributed by atoms with van der Waals surface area (Å²) in [4.78, 5) is 25.1. The van der Waals surface area contributed by atoms with Crippen LogP contribution in [0.25, 0.3) is 0 Å². The minimum Gasteiger partial charge on any atom is -0.395 e. The second-order valence-electron chi connectivity index (χ2n) is 7.04. The van der Waals surface area contributed by atoms with Crippen LogP contribution in [0.2, 0.25) is 0 Å². The van der Waals surface area contributed by atoms with Gasteiger partial charge in [0.15, 0.2) is 0 Å². The lowest BCUT2D eigenvalue weighted by molar-refractivity contribution is -0.137. The van der Waals surface area contributed by atoms with Crippen molar-refractivity contribution < 1.29 is 23.1 Å². The van der Waals surface area contributed by atoms with Crippen molar-refractivity contribution in [3.63, 3.8) is 0 Å². The second kappa shape index (κ2) is 8.42. The zero-order valence-electron chi connectivity index (χ0n) is 15.8. The number of nitrogens with one attached hydrogen (secondary N) is 1. The summed E-state index contributed by atoms with van der Waals surface area (Å²) in [6.45, 7) is -0.371. The minimum absolute atomic E-state index is 0.0290. The topological polar surface area (TPSA) is 107 Å². The predicted molar refractivity (Wildman–Crippen MR) is 104 cm³/mol. The number of carbonyl (C=O) groups is 2. The van der Waals surface area contributed by atoms with Crippen LogP contribution in [0.1, 0.15) is 32.1 Å². The third-order valence-electron chi connectivity index (χ3n) is 5.23. The first-order valence-corrected chi connectivity index (χ1v) is 10.8. The third kappa shape index (κ3) is 4.11. The van der Waals surface area contributed by atoms with Gasteiger partial charge in [0.25, 0.3) is 11.8 Å². The normalized spacial score (nSPS) is 18.7. The fourth-order valence-electron chi connectivity index (χ4n) is 3.58. The monoisotopic (exact) mass is 407 g/mol. The van der Waals surface area contributed by atoms with Crippen molar-refractivity contribution in [2.75, 3.05) is 25.5 Å². The second-order valence-corrected chi connectivity index (χ2v) is 9.04. The Morgan fingerprint density at radius 1 is 1.14 bits per heavy atom. The van der Waals surface area contributed by atoms with E-state index in [4.69, 9.17) is 5.11 Å². The zero-order chi connectivity index (χ0) is 20.3. The van der Waals surface area contributed by atoms with Crippen molar-refractivity contribution in [1.82, 2.24) is 9.21 Å². The summed E-state index contributed by atoms with van der Waals surface area (Å²) < 4.78 is 27.2. The van der Waals surface area contributed by atoms with E-state index >= 15 is 0 Å². The Kier molecular flexibility index (Phi) is 6.17. The number of aliphatic hydroxyl groups excluding tert-OH is 1. The molecule has 1 heterocycles. The zero-order valence-corrected chi connectivity index (χ0v) is 16.6. The molecule has 0 spiro atoms. The Morgan fingerprint density at radius 2 is 1.79 bits per heavy atom. The number of aliphatic hydroxyl groups is 1. The lowest BCUT2D eigenvalue weighted by Gasteiger charge is -2.30. The molecule has 1 aliphatic heterocycles. The molecular weight excluding hydrogens is 382 g/mol. The van der Waals surface area contributed by atoms with E-state index in [0.717, 1.165) is 37.0 Å². The highest BCUT2D eigenvalue weighted by molar-refractivity contribution is 7.89. The number of imide groups is 1. The first-order valence-electron chi connectivity index (χ1n) is 9.38. The number of rotatable bonds is 7. The molecule has 0 radical (unpaired) electrons. The van der Waals surface area contributed by atoms with Crippen LogP contribution in [0.3, 0.4) is 0 Å². The van der Waals surface area contributed by atoms with Gasteiger partial charge < -0.3 is 10.4 Å². The van der Waals surface area contributed by atoms with Gasteiger partial charge in [0.2, 0.25) is 10.0 Å². The molecule has 0 saturated heterocycles. The van der Waals surface area contributed by atoms with Crippen LogP contribution < -0.4 is 5.32 Å². The van der Waals surface area contributed by atoms with Crippen LogP contribution in [0.5, 0.6) is 0 Å². The van der Waals surface area contributed by atoms with Gasteiger partial charge in [0, 0.05) is 24.9 Å². The van der Waals surface area contributed by atoms with Gasteiger partial charge in [-0.2, -0.15) is 4.31 Å². The number of β-amino-alcohol motifs (C(OH)–C–C–N with tert-alkyl or cyclic N) is 1. The molecule has 1 aliphatic carbocycles. The highest BCUT2D eigenvalue weighted by Crippen LogP contribution is 2.27. The van der Waals surface area contributed by atoms with Crippen LogP contribution in [0.4, 0.5) is 5.69 Å². The van der Waals surface area contributed by atoms with Gasteiger partial charge in [-0.15, -0.1) is 0 Å². The number of nitrogens with zero attached hydrogens (tertiary/aromatic N) is 2. The fraction of sp³-hybridized carbons (Fsp3) is 0.474. The molecule has 1 saturated carbocycles. The SMILES string of the molecule is CN(C1CCCCC1)S(=O)(=O)c1ccc(NC2=CC(=O)N(CCO)C2=O)cc1. The van der Waals surface area contributed by atoms with E-state index < -0.39 is 21.8 Å². The summed E-state index contributed by atoms with van der Waals surface area (Å²) in [6.07, 6.45) is 6.16. The molecule has 1 aromatic carbocycles. The molecule has 1 fully saturated rings. The first-order chi connectivity index (χ1) is 13.3. The van der Waals surface area contributed by atoms with E-state index in [2.05, 4.69) is 5.32 Å². The van der Waals surface area contributed by atoms with Gasteiger partial charge in [0.1, 0.15) is 5.70 Å². The van der Waals surface area contributed by atoms with Gasteiger partial charge in [-0.3, -0.25) is 14.5 Å². The van der Waals surface area contributed by atoms with E-state index in [9.17, 15) is 18.0 Å². The molecule has 2 amide bonds. The molecule has 9 heteroatoms. The van der Waals surface area contributed by atoms with E-state index in [0.29, 0.717) is 5.69 Å². The van der Waals surface area contributed by atoms with Crippen molar-refractivity contribution in [1.29, 1.82) is 0 Å². The van der Waals surface area contributed by atoms with Gasteiger partial charge in [0.05, 0.1) is 18.0 Å². The molecule has 152 valence electrons. The molecule has 3 rings (SSSR count). The molecule has 0 atom stereocenters. The Balaban J connectivity index is 1.70. The van der Waals surface area contributed by atoms with Crippen molar-refractivity contribution in [3.05, 3.63) is 36.0 Å². The van der Waals surface area contributed by atoms with Crippen LogP contribution in [0, 0.1) is 0 Å². The van der Waals surface area contributed by atoms with Crippen LogP contribution in [-0.4, -0.2) is 60.8 Å². The highest BCUT2D eigenvalue weighted by atomic mass is 32.2. The maximum absolute atomic E-state index is 12.9. The summed E-state index contributed by atoms with van der Waals surface area (Å²) in [5.41, 5.74) is 0.589. The van der Waals surface area contributed by atoms with E-state index in [-0.39, 0.29) is 29.8 Å². The van der Waals surface area contributed by atoms with Crippen LogP contribution in [0.15, 0.2) is 40.9 Å². The predicted octanol–water partition coefficient (Wildman–Crippen LogP) is 1.30. The number of benzene rings is 1. The Hall–Kier alpha value is -2.23. The summed E-state index contributed by atoms with van der Waals surface area (Å²) in [5.74, 6) is -1.01. The fourth-order valence-corrected chi connectivity index (χ4v) is 5.00. The van der Waals surface area contributed by atoms with Gasteiger partial charge in [-0.1, -0.05) is 19.3 Å². The van der Waals surface area contributed by atoms with Crippen LogP contribution >= 0.6 is 0 Å². The molecule has 0 aromatic heterocycles.